The maximum Gasteiger partial charge on any atom is 0.243 e. The van der Waals surface area contributed by atoms with Crippen LogP contribution in [0.3, 0.4) is 0 Å². The number of hydrogen-bond acceptors (Lipinski definition) is 5. The standard InChI is InChI=1S/C16H28N4O/c1-12(20-10-8-17-9-11-20)15-18-14(19-21-15)13-4-6-16(2,3)7-5-13/h12-13,17H,4-11H2,1-3H3. The van der Waals surface area contributed by atoms with Gasteiger partial charge in [0, 0.05) is 32.1 Å². The lowest BCUT2D eigenvalue weighted by Gasteiger charge is -2.33. The van der Waals surface area contributed by atoms with Crippen molar-refractivity contribution < 1.29 is 4.52 Å². The average Bonchev–Trinajstić information content (AvgIpc) is 2.97. The minimum absolute atomic E-state index is 0.230. The molecule has 1 atom stereocenters. The molecule has 1 unspecified atom stereocenters. The van der Waals surface area contributed by atoms with E-state index < -0.39 is 0 Å². The van der Waals surface area contributed by atoms with Gasteiger partial charge in [0.15, 0.2) is 5.82 Å². The lowest BCUT2D eigenvalue weighted by molar-refractivity contribution is 0.154. The van der Waals surface area contributed by atoms with E-state index in [1.165, 1.54) is 25.7 Å². The van der Waals surface area contributed by atoms with Gasteiger partial charge in [0.25, 0.3) is 0 Å². The van der Waals surface area contributed by atoms with Crippen LogP contribution >= 0.6 is 0 Å². The second-order valence-corrected chi connectivity index (χ2v) is 7.39. The third-order valence-corrected chi connectivity index (χ3v) is 5.22. The van der Waals surface area contributed by atoms with Crippen LogP contribution in [-0.2, 0) is 0 Å². The highest BCUT2D eigenvalue weighted by Gasteiger charge is 2.31. The molecule has 2 aliphatic rings. The van der Waals surface area contributed by atoms with Gasteiger partial charge >= 0.3 is 0 Å². The first-order valence-corrected chi connectivity index (χ1v) is 8.33. The maximum atomic E-state index is 5.56. The Bertz CT molecular complexity index is 455. The van der Waals surface area contributed by atoms with E-state index in [9.17, 15) is 0 Å². The van der Waals surface area contributed by atoms with E-state index in [1.807, 2.05) is 0 Å². The molecule has 2 heterocycles. The van der Waals surface area contributed by atoms with E-state index in [0.29, 0.717) is 11.3 Å². The largest absolute Gasteiger partial charge is 0.338 e. The maximum absolute atomic E-state index is 5.56. The van der Waals surface area contributed by atoms with Crippen molar-refractivity contribution in [2.75, 3.05) is 26.2 Å². The summed E-state index contributed by atoms with van der Waals surface area (Å²) in [5, 5.41) is 7.65. The van der Waals surface area contributed by atoms with Gasteiger partial charge in [0.05, 0.1) is 6.04 Å². The smallest absolute Gasteiger partial charge is 0.243 e. The van der Waals surface area contributed by atoms with E-state index in [2.05, 4.69) is 36.1 Å². The molecule has 0 amide bonds. The summed E-state index contributed by atoms with van der Waals surface area (Å²) in [6, 6.07) is 0.230. The summed E-state index contributed by atoms with van der Waals surface area (Å²) >= 11 is 0. The van der Waals surface area contributed by atoms with Crippen molar-refractivity contribution in [2.24, 2.45) is 5.41 Å². The molecule has 2 fully saturated rings. The number of rotatable bonds is 3. The zero-order valence-corrected chi connectivity index (χ0v) is 13.6. The summed E-state index contributed by atoms with van der Waals surface area (Å²) in [6.07, 6.45) is 4.89. The van der Waals surface area contributed by atoms with Gasteiger partial charge in [-0.3, -0.25) is 4.90 Å². The number of nitrogens with zero attached hydrogens (tertiary/aromatic N) is 3. The molecule has 3 rings (SSSR count). The van der Waals surface area contributed by atoms with Crippen molar-refractivity contribution in [3.05, 3.63) is 11.7 Å². The highest BCUT2D eigenvalue weighted by Crippen LogP contribution is 2.41. The molecule has 1 saturated heterocycles. The van der Waals surface area contributed by atoms with Crippen LogP contribution < -0.4 is 5.32 Å². The van der Waals surface area contributed by atoms with Crippen molar-refractivity contribution in [1.82, 2.24) is 20.4 Å². The summed E-state index contributed by atoms with van der Waals surface area (Å²) in [6.45, 7) is 11.1. The van der Waals surface area contributed by atoms with Gasteiger partial charge in [-0.05, 0) is 38.0 Å². The summed E-state index contributed by atoms with van der Waals surface area (Å²) in [4.78, 5) is 7.13. The Morgan fingerprint density at radius 3 is 2.57 bits per heavy atom. The average molecular weight is 292 g/mol. The van der Waals surface area contributed by atoms with Crippen molar-refractivity contribution >= 4 is 0 Å². The van der Waals surface area contributed by atoms with Crippen LogP contribution in [0.2, 0.25) is 0 Å². The number of nitrogens with one attached hydrogen (secondary N) is 1. The minimum atomic E-state index is 0.230. The molecule has 118 valence electrons. The third-order valence-electron chi connectivity index (χ3n) is 5.22. The first kappa shape index (κ1) is 15.0. The molecule has 5 heteroatoms. The summed E-state index contributed by atoms with van der Waals surface area (Å²) in [5.41, 5.74) is 0.483. The lowest BCUT2D eigenvalue weighted by Crippen LogP contribution is -2.44. The van der Waals surface area contributed by atoms with Crippen LogP contribution in [0.25, 0.3) is 0 Å². The number of piperazine rings is 1. The zero-order chi connectivity index (χ0) is 14.9. The van der Waals surface area contributed by atoms with Crippen LogP contribution in [0, 0.1) is 5.41 Å². The van der Waals surface area contributed by atoms with Gasteiger partial charge in [-0.25, -0.2) is 0 Å². The van der Waals surface area contributed by atoms with Crippen LogP contribution in [0.1, 0.15) is 70.1 Å². The highest BCUT2D eigenvalue weighted by atomic mass is 16.5. The van der Waals surface area contributed by atoms with E-state index in [-0.39, 0.29) is 6.04 Å². The van der Waals surface area contributed by atoms with Crippen molar-refractivity contribution in [3.8, 4) is 0 Å². The van der Waals surface area contributed by atoms with Gasteiger partial charge < -0.3 is 9.84 Å². The van der Waals surface area contributed by atoms with E-state index in [4.69, 9.17) is 9.51 Å². The fourth-order valence-corrected chi connectivity index (χ4v) is 3.47. The molecule has 1 aliphatic carbocycles. The molecule has 0 radical (unpaired) electrons. The van der Waals surface area contributed by atoms with Gasteiger partial charge in [0.2, 0.25) is 5.89 Å². The Hall–Kier alpha value is -0.940. The molecule has 1 aromatic heterocycles. The van der Waals surface area contributed by atoms with Crippen molar-refractivity contribution in [1.29, 1.82) is 0 Å². The molecule has 1 aliphatic heterocycles. The quantitative estimate of drug-likeness (QED) is 0.928. The molecular weight excluding hydrogens is 264 g/mol. The first-order chi connectivity index (χ1) is 10.1. The normalized spacial score (nSPS) is 25.9. The Kier molecular flexibility index (Phi) is 4.31. The van der Waals surface area contributed by atoms with Crippen LogP contribution in [0.4, 0.5) is 0 Å². The molecule has 1 N–H and O–H groups in total. The Morgan fingerprint density at radius 1 is 1.24 bits per heavy atom. The zero-order valence-electron chi connectivity index (χ0n) is 13.6. The molecule has 0 aromatic carbocycles. The fraction of sp³-hybridized carbons (Fsp3) is 0.875. The second-order valence-electron chi connectivity index (χ2n) is 7.39. The fourth-order valence-electron chi connectivity index (χ4n) is 3.47. The van der Waals surface area contributed by atoms with E-state index >= 15 is 0 Å². The summed E-state index contributed by atoms with van der Waals surface area (Å²) < 4.78 is 5.56. The molecule has 21 heavy (non-hydrogen) atoms. The lowest BCUT2D eigenvalue weighted by atomic mass is 9.73. The predicted octanol–water partition coefficient (Wildman–Crippen LogP) is 2.72. The van der Waals surface area contributed by atoms with Crippen LogP contribution in [0.15, 0.2) is 4.52 Å². The second kappa shape index (κ2) is 6.05. The Balaban J connectivity index is 1.63. The summed E-state index contributed by atoms with van der Waals surface area (Å²) in [7, 11) is 0. The van der Waals surface area contributed by atoms with Gasteiger partial charge in [0.1, 0.15) is 0 Å². The molecule has 0 bridgehead atoms. The third kappa shape index (κ3) is 3.46. The van der Waals surface area contributed by atoms with Crippen LogP contribution in [0.5, 0.6) is 0 Å². The van der Waals surface area contributed by atoms with Gasteiger partial charge in [-0.15, -0.1) is 0 Å². The molecule has 1 saturated carbocycles. The van der Waals surface area contributed by atoms with Gasteiger partial charge in [-0.1, -0.05) is 19.0 Å². The van der Waals surface area contributed by atoms with Crippen molar-refractivity contribution in [2.45, 2.75) is 58.4 Å². The van der Waals surface area contributed by atoms with E-state index in [0.717, 1.165) is 37.9 Å². The molecule has 5 nitrogen and oxygen atoms in total. The number of hydrogen-bond donors (Lipinski definition) is 1. The monoisotopic (exact) mass is 292 g/mol. The van der Waals surface area contributed by atoms with Gasteiger partial charge in [-0.2, -0.15) is 4.98 Å². The SMILES string of the molecule is CC(c1nc(C2CCC(C)(C)CC2)no1)N1CCNCC1. The van der Waals surface area contributed by atoms with Crippen LogP contribution in [-0.4, -0.2) is 41.2 Å². The van der Waals surface area contributed by atoms with Crippen molar-refractivity contribution in [3.63, 3.8) is 0 Å². The minimum Gasteiger partial charge on any atom is -0.338 e. The Labute approximate surface area is 127 Å². The first-order valence-electron chi connectivity index (χ1n) is 8.33. The van der Waals surface area contributed by atoms with E-state index in [1.54, 1.807) is 0 Å². The molecular formula is C16H28N4O. The highest BCUT2D eigenvalue weighted by molar-refractivity contribution is 5.01. The number of aromatic nitrogens is 2. The Morgan fingerprint density at radius 2 is 1.90 bits per heavy atom. The molecule has 1 aromatic rings. The summed E-state index contributed by atoms with van der Waals surface area (Å²) in [5.74, 6) is 2.21. The molecule has 0 spiro atoms. The predicted molar refractivity (Wildman–Crippen MR) is 82.1 cm³/mol. The topological polar surface area (TPSA) is 54.2 Å².